The first-order chi connectivity index (χ1) is 7.12. The van der Waals surface area contributed by atoms with Crippen LogP contribution >= 0.6 is 11.5 Å². The largest absolute Gasteiger partial charge is 0.311 e. The predicted octanol–water partition coefficient (Wildman–Crippen LogP) is 2.34. The number of aromatic nitrogens is 2. The number of rotatable bonds is 5. The van der Waals surface area contributed by atoms with Gasteiger partial charge in [0.15, 0.2) is 0 Å². The lowest BCUT2D eigenvalue weighted by molar-refractivity contribution is 0.551. The van der Waals surface area contributed by atoms with Gasteiger partial charge >= 0.3 is 0 Å². The van der Waals surface area contributed by atoms with Crippen molar-refractivity contribution >= 4 is 11.5 Å². The highest BCUT2D eigenvalue weighted by Gasteiger charge is 2.43. The minimum Gasteiger partial charge on any atom is -0.311 e. The molecule has 1 aliphatic rings. The average Bonchev–Trinajstić information content (AvgIpc) is 2.75. The highest BCUT2D eigenvalue weighted by Crippen LogP contribution is 2.48. The van der Waals surface area contributed by atoms with Gasteiger partial charge in [-0.1, -0.05) is 25.3 Å². The number of hydrogen-bond acceptors (Lipinski definition) is 4. The highest BCUT2D eigenvalue weighted by molar-refractivity contribution is 7.05. The summed E-state index contributed by atoms with van der Waals surface area (Å²) in [5.74, 6) is 0.700. The van der Waals surface area contributed by atoms with Gasteiger partial charge in [-0.05, 0) is 36.8 Å². The summed E-state index contributed by atoms with van der Waals surface area (Å²) < 4.78 is 4.08. The Bertz CT molecular complexity index is 328. The van der Waals surface area contributed by atoms with Crippen molar-refractivity contribution in [2.24, 2.45) is 5.92 Å². The third-order valence-corrected chi connectivity index (χ3v) is 3.69. The minimum absolute atomic E-state index is 0.349. The Balaban J connectivity index is 1.94. The van der Waals surface area contributed by atoms with E-state index in [1.165, 1.54) is 23.4 Å². The van der Waals surface area contributed by atoms with E-state index in [4.69, 9.17) is 0 Å². The molecule has 1 heterocycles. The van der Waals surface area contributed by atoms with E-state index in [0.717, 1.165) is 13.1 Å². The fourth-order valence-electron chi connectivity index (χ4n) is 1.68. The van der Waals surface area contributed by atoms with Crippen LogP contribution in [0.25, 0.3) is 0 Å². The molecule has 4 heteroatoms. The zero-order chi connectivity index (χ0) is 10.9. The van der Waals surface area contributed by atoms with Gasteiger partial charge in [0.25, 0.3) is 0 Å². The Morgan fingerprint density at radius 1 is 1.47 bits per heavy atom. The lowest BCUT2D eigenvalue weighted by atomic mass is 10.0. The normalized spacial score (nSPS) is 18.4. The van der Waals surface area contributed by atoms with Crippen LogP contribution in [0.1, 0.15) is 44.2 Å². The van der Waals surface area contributed by atoms with Crippen LogP contribution in [0.2, 0.25) is 0 Å². The van der Waals surface area contributed by atoms with E-state index < -0.39 is 0 Å². The van der Waals surface area contributed by atoms with Crippen molar-refractivity contribution in [1.29, 1.82) is 0 Å². The van der Waals surface area contributed by atoms with Gasteiger partial charge < -0.3 is 5.32 Å². The molecule has 0 radical (unpaired) electrons. The highest BCUT2D eigenvalue weighted by atomic mass is 32.1. The van der Waals surface area contributed by atoms with Gasteiger partial charge in [0.2, 0.25) is 0 Å². The molecule has 1 saturated carbocycles. The summed E-state index contributed by atoms with van der Waals surface area (Å²) in [6, 6.07) is 0. The van der Waals surface area contributed by atoms with Crippen molar-refractivity contribution < 1.29 is 0 Å². The van der Waals surface area contributed by atoms with E-state index >= 15 is 0 Å². The van der Waals surface area contributed by atoms with Gasteiger partial charge in [0, 0.05) is 12.0 Å². The number of nitrogens with zero attached hydrogens (tertiary/aromatic N) is 2. The van der Waals surface area contributed by atoms with Crippen LogP contribution in [0.15, 0.2) is 0 Å². The Morgan fingerprint density at radius 3 is 2.80 bits per heavy atom. The third kappa shape index (κ3) is 2.55. The Morgan fingerprint density at radius 2 is 2.20 bits per heavy atom. The molecule has 15 heavy (non-hydrogen) atoms. The van der Waals surface area contributed by atoms with E-state index in [1.54, 1.807) is 11.5 Å². The molecule has 1 aromatic heterocycles. The summed E-state index contributed by atoms with van der Waals surface area (Å²) in [5, 5.41) is 7.73. The molecule has 0 aromatic carbocycles. The van der Waals surface area contributed by atoms with Gasteiger partial charge in [-0.25, -0.2) is 0 Å². The van der Waals surface area contributed by atoms with Crippen LogP contribution in [-0.4, -0.2) is 16.1 Å². The molecule has 3 nitrogen and oxygen atoms in total. The van der Waals surface area contributed by atoms with Gasteiger partial charge in [0.1, 0.15) is 0 Å². The van der Waals surface area contributed by atoms with Crippen molar-refractivity contribution in [3.05, 3.63) is 10.6 Å². The second-order valence-corrected chi connectivity index (χ2v) is 5.97. The molecular weight excluding hydrogens is 206 g/mol. The smallest absolute Gasteiger partial charge is 0.0859 e. The summed E-state index contributed by atoms with van der Waals surface area (Å²) in [6.07, 6.45) is 2.55. The van der Waals surface area contributed by atoms with Crippen molar-refractivity contribution in [1.82, 2.24) is 14.9 Å². The zero-order valence-electron chi connectivity index (χ0n) is 9.71. The molecule has 0 bridgehead atoms. The first-order valence-corrected chi connectivity index (χ1v) is 6.41. The minimum atomic E-state index is 0.349. The molecule has 0 amide bonds. The van der Waals surface area contributed by atoms with Crippen LogP contribution in [0.5, 0.6) is 0 Å². The number of nitrogens with one attached hydrogen (secondary N) is 1. The fraction of sp³-hybridized carbons (Fsp3) is 0.818. The van der Waals surface area contributed by atoms with Crippen LogP contribution < -0.4 is 5.32 Å². The molecule has 1 N–H and O–H groups in total. The van der Waals surface area contributed by atoms with E-state index in [1.807, 2.05) is 0 Å². The molecule has 1 aliphatic carbocycles. The van der Waals surface area contributed by atoms with Crippen molar-refractivity contribution in [2.75, 3.05) is 6.54 Å². The SMILES string of the molecule is CC(C)CNCc1snnc1C1(C)CC1. The molecule has 0 saturated heterocycles. The van der Waals surface area contributed by atoms with Crippen LogP contribution in [0, 0.1) is 5.92 Å². The van der Waals surface area contributed by atoms with E-state index in [9.17, 15) is 0 Å². The standard InChI is InChI=1S/C11H19N3S/c1-8(2)6-12-7-9-10(13-14-15-9)11(3)4-5-11/h8,12H,4-7H2,1-3H3. The maximum atomic E-state index is 4.28. The van der Waals surface area contributed by atoms with Gasteiger partial charge in [-0.2, -0.15) is 0 Å². The quantitative estimate of drug-likeness (QED) is 0.836. The van der Waals surface area contributed by atoms with E-state index in [0.29, 0.717) is 11.3 Å². The summed E-state index contributed by atoms with van der Waals surface area (Å²) in [6.45, 7) is 8.73. The molecule has 84 valence electrons. The van der Waals surface area contributed by atoms with Gasteiger partial charge in [0.05, 0.1) is 10.6 Å². The molecule has 0 unspecified atom stereocenters. The maximum absolute atomic E-state index is 4.28. The lowest BCUT2D eigenvalue weighted by Crippen LogP contribution is -2.20. The van der Waals surface area contributed by atoms with Gasteiger partial charge in [-0.15, -0.1) is 5.10 Å². The molecular formula is C11H19N3S. The first-order valence-electron chi connectivity index (χ1n) is 5.64. The first kappa shape index (κ1) is 11.0. The summed E-state index contributed by atoms with van der Waals surface area (Å²) in [4.78, 5) is 1.33. The summed E-state index contributed by atoms with van der Waals surface area (Å²) in [7, 11) is 0. The molecule has 0 spiro atoms. The Hall–Kier alpha value is -0.480. The lowest BCUT2D eigenvalue weighted by Gasteiger charge is -2.09. The molecule has 1 fully saturated rings. The number of hydrogen-bond donors (Lipinski definition) is 1. The van der Waals surface area contributed by atoms with Crippen LogP contribution in [-0.2, 0) is 12.0 Å². The van der Waals surface area contributed by atoms with Crippen molar-refractivity contribution in [3.63, 3.8) is 0 Å². The maximum Gasteiger partial charge on any atom is 0.0859 e. The van der Waals surface area contributed by atoms with E-state index in [2.05, 4.69) is 35.7 Å². The topological polar surface area (TPSA) is 37.8 Å². The van der Waals surface area contributed by atoms with Crippen molar-refractivity contribution in [3.8, 4) is 0 Å². The fourth-order valence-corrected chi connectivity index (χ4v) is 2.44. The second kappa shape index (κ2) is 4.18. The molecule has 0 atom stereocenters. The van der Waals surface area contributed by atoms with Crippen LogP contribution in [0.3, 0.4) is 0 Å². The third-order valence-electron chi connectivity index (χ3n) is 2.97. The van der Waals surface area contributed by atoms with Crippen LogP contribution in [0.4, 0.5) is 0 Å². The summed E-state index contributed by atoms with van der Waals surface area (Å²) >= 11 is 1.54. The molecule has 0 aliphatic heterocycles. The Kier molecular flexibility index (Phi) is 3.07. The Labute approximate surface area is 95.4 Å². The molecule has 1 aromatic rings. The second-order valence-electron chi connectivity index (χ2n) is 5.13. The van der Waals surface area contributed by atoms with E-state index in [-0.39, 0.29) is 0 Å². The zero-order valence-corrected chi connectivity index (χ0v) is 10.5. The summed E-state index contributed by atoms with van der Waals surface area (Å²) in [5.41, 5.74) is 1.59. The average molecular weight is 225 g/mol. The van der Waals surface area contributed by atoms with Gasteiger partial charge in [-0.3, -0.25) is 0 Å². The monoisotopic (exact) mass is 225 g/mol. The molecule has 2 rings (SSSR count). The van der Waals surface area contributed by atoms with Crippen molar-refractivity contribution in [2.45, 2.75) is 45.6 Å². The predicted molar refractivity (Wildman–Crippen MR) is 63.0 cm³/mol.